The summed E-state index contributed by atoms with van der Waals surface area (Å²) in [6.07, 6.45) is 3.34. The van der Waals surface area contributed by atoms with Crippen LogP contribution < -0.4 is 4.74 Å². The first-order valence-electron chi connectivity index (χ1n) is 10.5. The molecule has 1 saturated heterocycles. The summed E-state index contributed by atoms with van der Waals surface area (Å²) in [5.41, 5.74) is 3.57. The average Bonchev–Trinajstić information content (AvgIpc) is 3.45. The van der Waals surface area contributed by atoms with Crippen molar-refractivity contribution in [3.8, 4) is 17.0 Å². The van der Waals surface area contributed by atoms with E-state index in [2.05, 4.69) is 15.0 Å². The molecule has 1 N–H and O–H groups in total. The highest BCUT2D eigenvalue weighted by Crippen LogP contribution is 2.35. The standard InChI is InChI=1S/C24H22ClN5O2/c1-14-26-13-18(22(27-14)15-5-3-6-16(25)11-15)24(31)30-10-4-7-21(30)23-28-19-9-8-17(32-2)12-20(19)29-23/h3,5-6,8-9,11-13,21H,4,7,10H2,1-2H3,(H,28,29). The zero-order chi connectivity index (χ0) is 22.2. The number of methoxy groups -OCH3 is 1. The molecule has 1 unspecified atom stereocenters. The van der Waals surface area contributed by atoms with E-state index in [4.69, 9.17) is 21.3 Å². The molecule has 0 aliphatic carbocycles. The van der Waals surface area contributed by atoms with Crippen LogP contribution in [-0.2, 0) is 0 Å². The number of carbonyl (C=O) groups excluding carboxylic acids is 1. The maximum Gasteiger partial charge on any atom is 0.258 e. The van der Waals surface area contributed by atoms with Gasteiger partial charge in [0.05, 0.1) is 35.4 Å². The SMILES string of the molecule is COc1ccc2nc(C3CCCN3C(=O)c3cnc(C)nc3-c3cccc(Cl)c3)[nH]c2c1. The summed E-state index contributed by atoms with van der Waals surface area (Å²) in [4.78, 5) is 32.5. The third kappa shape index (κ3) is 3.69. The first-order chi connectivity index (χ1) is 15.5. The Labute approximate surface area is 190 Å². The zero-order valence-electron chi connectivity index (χ0n) is 17.8. The molecule has 4 aromatic rings. The third-order valence-corrected chi connectivity index (χ3v) is 6.01. The van der Waals surface area contributed by atoms with Gasteiger partial charge in [-0.05, 0) is 44.0 Å². The summed E-state index contributed by atoms with van der Waals surface area (Å²) in [6.45, 7) is 2.45. The van der Waals surface area contributed by atoms with Crippen molar-refractivity contribution in [3.63, 3.8) is 0 Å². The second-order valence-corrected chi connectivity index (χ2v) is 8.29. The summed E-state index contributed by atoms with van der Waals surface area (Å²) >= 11 is 6.20. The highest BCUT2D eigenvalue weighted by atomic mass is 35.5. The maximum absolute atomic E-state index is 13.7. The lowest BCUT2D eigenvalue weighted by molar-refractivity contribution is 0.0730. The second kappa shape index (κ2) is 8.24. The van der Waals surface area contributed by atoms with Gasteiger partial charge in [-0.1, -0.05) is 23.7 Å². The number of benzene rings is 2. The van der Waals surface area contributed by atoms with Crippen LogP contribution in [0.1, 0.15) is 40.9 Å². The molecule has 3 heterocycles. The Bertz CT molecular complexity index is 1320. The molecule has 1 atom stereocenters. The number of hydrogen-bond donors (Lipinski definition) is 1. The number of likely N-dealkylation sites (tertiary alicyclic amines) is 1. The van der Waals surface area contributed by atoms with E-state index in [1.807, 2.05) is 48.2 Å². The number of aromatic nitrogens is 4. The molecule has 2 aromatic carbocycles. The Morgan fingerprint density at radius 2 is 2.09 bits per heavy atom. The Morgan fingerprint density at radius 3 is 2.91 bits per heavy atom. The number of ether oxygens (including phenoxy) is 1. The van der Waals surface area contributed by atoms with E-state index in [1.54, 1.807) is 19.4 Å². The van der Waals surface area contributed by atoms with E-state index < -0.39 is 0 Å². The minimum atomic E-state index is -0.144. The van der Waals surface area contributed by atoms with Gasteiger partial charge in [-0.3, -0.25) is 4.79 Å². The molecule has 5 rings (SSSR count). The summed E-state index contributed by atoms with van der Waals surface area (Å²) in [5.74, 6) is 2.02. The van der Waals surface area contributed by atoms with Crippen molar-refractivity contribution in [2.24, 2.45) is 0 Å². The van der Waals surface area contributed by atoms with Gasteiger partial charge in [-0.25, -0.2) is 15.0 Å². The van der Waals surface area contributed by atoms with Crippen LogP contribution in [0.4, 0.5) is 0 Å². The number of nitrogens with one attached hydrogen (secondary N) is 1. The van der Waals surface area contributed by atoms with E-state index in [0.29, 0.717) is 28.6 Å². The van der Waals surface area contributed by atoms with Gasteiger partial charge in [-0.15, -0.1) is 0 Å². The van der Waals surface area contributed by atoms with E-state index in [0.717, 1.165) is 41.0 Å². The number of carbonyl (C=O) groups is 1. The molecule has 1 aliphatic rings. The molecule has 1 aliphatic heterocycles. The van der Waals surface area contributed by atoms with Gasteiger partial charge in [0.25, 0.3) is 5.91 Å². The number of halogens is 1. The summed E-state index contributed by atoms with van der Waals surface area (Å²) in [7, 11) is 1.64. The molecule has 2 aromatic heterocycles. The lowest BCUT2D eigenvalue weighted by Crippen LogP contribution is -2.31. The lowest BCUT2D eigenvalue weighted by atomic mass is 10.1. The van der Waals surface area contributed by atoms with Gasteiger partial charge in [0.2, 0.25) is 0 Å². The van der Waals surface area contributed by atoms with Crippen molar-refractivity contribution in [1.82, 2.24) is 24.8 Å². The number of amides is 1. The number of rotatable bonds is 4. The second-order valence-electron chi connectivity index (χ2n) is 7.85. The van der Waals surface area contributed by atoms with Gasteiger partial charge in [0.1, 0.15) is 17.4 Å². The summed E-state index contributed by atoms with van der Waals surface area (Å²) in [5, 5.41) is 0.592. The predicted molar refractivity (Wildman–Crippen MR) is 123 cm³/mol. The van der Waals surface area contributed by atoms with Crippen molar-refractivity contribution in [1.29, 1.82) is 0 Å². The Hall–Kier alpha value is -3.45. The van der Waals surface area contributed by atoms with Gasteiger partial charge >= 0.3 is 0 Å². The highest BCUT2D eigenvalue weighted by molar-refractivity contribution is 6.30. The van der Waals surface area contributed by atoms with Gasteiger partial charge in [0, 0.05) is 29.4 Å². The fourth-order valence-corrected chi connectivity index (χ4v) is 4.41. The molecule has 0 spiro atoms. The number of hydrogen-bond acceptors (Lipinski definition) is 5. The average molecular weight is 448 g/mol. The summed E-state index contributed by atoms with van der Waals surface area (Å²) < 4.78 is 5.31. The van der Waals surface area contributed by atoms with Crippen LogP contribution in [0.5, 0.6) is 5.75 Å². The van der Waals surface area contributed by atoms with Crippen LogP contribution in [-0.4, -0.2) is 44.4 Å². The topological polar surface area (TPSA) is 84.0 Å². The molecule has 1 amide bonds. The van der Waals surface area contributed by atoms with Crippen LogP contribution in [0.15, 0.2) is 48.7 Å². The number of imidazole rings is 1. The smallest absolute Gasteiger partial charge is 0.258 e. The van der Waals surface area contributed by atoms with Gasteiger partial charge in [-0.2, -0.15) is 0 Å². The summed E-state index contributed by atoms with van der Waals surface area (Å²) in [6, 6.07) is 12.9. The predicted octanol–water partition coefficient (Wildman–Crippen LogP) is 4.97. The maximum atomic E-state index is 13.7. The monoisotopic (exact) mass is 447 g/mol. The van der Waals surface area contributed by atoms with Crippen LogP contribution >= 0.6 is 11.6 Å². The molecule has 0 radical (unpaired) electrons. The van der Waals surface area contributed by atoms with Crippen molar-refractivity contribution in [3.05, 3.63) is 70.9 Å². The van der Waals surface area contributed by atoms with Gasteiger partial charge < -0.3 is 14.6 Å². The van der Waals surface area contributed by atoms with Crippen molar-refractivity contribution in [2.75, 3.05) is 13.7 Å². The molecular weight excluding hydrogens is 426 g/mol. The molecule has 7 nitrogen and oxygen atoms in total. The molecule has 32 heavy (non-hydrogen) atoms. The fraction of sp³-hybridized carbons (Fsp3) is 0.250. The number of H-pyrrole nitrogens is 1. The zero-order valence-corrected chi connectivity index (χ0v) is 18.6. The Balaban J connectivity index is 1.52. The molecule has 0 bridgehead atoms. The quantitative estimate of drug-likeness (QED) is 0.477. The molecular formula is C24H22ClN5O2. The molecule has 0 saturated carbocycles. The van der Waals surface area contributed by atoms with Crippen molar-refractivity contribution in [2.45, 2.75) is 25.8 Å². The highest BCUT2D eigenvalue weighted by Gasteiger charge is 2.34. The van der Waals surface area contributed by atoms with Crippen LogP contribution in [0, 0.1) is 6.92 Å². The third-order valence-electron chi connectivity index (χ3n) is 5.77. The first kappa shape index (κ1) is 20.5. The first-order valence-corrected chi connectivity index (χ1v) is 10.9. The lowest BCUT2D eigenvalue weighted by Gasteiger charge is -2.24. The van der Waals surface area contributed by atoms with Crippen LogP contribution in [0.25, 0.3) is 22.3 Å². The van der Waals surface area contributed by atoms with Crippen molar-refractivity contribution >= 4 is 28.5 Å². The number of fused-ring (bicyclic) bond motifs is 1. The Morgan fingerprint density at radius 1 is 1.22 bits per heavy atom. The fourth-order valence-electron chi connectivity index (χ4n) is 4.22. The van der Waals surface area contributed by atoms with Crippen LogP contribution in [0.3, 0.4) is 0 Å². The van der Waals surface area contributed by atoms with Crippen molar-refractivity contribution < 1.29 is 9.53 Å². The largest absolute Gasteiger partial charge is 0.497 e. The van der Waals surface area contributed by atoms with E-state index in [-0.39, 0.29) is 11.9 Å². The van der Waals surface area contributed by atoms with Crippen LogP contribution in [0.2, 0.25) is 5.02 Å². The van der Waals surface area contributed by atoms with E-state index in [9.17, 15) is 4.79 Å². The number of nitrogens with zero attached hydrogens (tertiary/aromatic N) is 4. The van der Waals surface area contributed by atoms with E-state index in [1.165, 1.54) is 0 Å². The number of aryl methyl sites for hydroxylation is 1. The normalized spacial score (nSPS) is 16.0. The minimum absolute atomic E-state index is 0.111. The van der Waals surface area contributed by atoms with Gasteiger partial charge in [0.15, 0.2) is 0 Å². The molecule has 162 valence electrons. The molecule has 8 heteroatoms. The minimum Gasteiger partial charge on any atom is -0.497 e. The number of aromatic amines is 1. The van der Waals surface area contributed by atoms with E-state index >= 15 is 0 Å². The Kier molecular flexibility index (Phi) is 5.27. The molecule has 1 fully saturated rings.